The fourth-order valence-electron chi connectivity index (χ4n) is 3.28. The highest BCUT2D eigenvalue weighted by molar-refractivity contribution is 5.96. The van der Waals surface area contributed by atoms with Crippen LogP contribution in [-0.4, -0.2) is 33.7 Å². The number of hydrogen-bond donors (Lipinski definition) is 0. The topological polar surface area (TPSA) is 99.1 Å². The second kappa shape index (κ2) is 10.7. The van der Waals surface area contributed by atoms with Gasteiger partial charge in [0.15, 0.2) is 0 Å². The Morgan fingerprint density at radius 3 is 2.41 bits per heavy atom. The molecule has 7 nitrogen and oxygen atoms in total. The maximum atomic E-state index is 12.5. The van der Waals surface area contributed by atoms with Gasteiger partial charge in [-0.1, -0.05) is 31.2 Å². The molecule has 0 aliphatic heterocycles. The number of esters is 1. The van der Waals surface area contributed by atoms with Crippen LogP contribution >= 0.6 is 0 Å². The van der Waals surface area contributed by atoms with E-state index in [4.69, 9.17) is 19.3 Å². The molecule has 0 saturated heterocycles. The van der Waals surface area contributed by atoms with Crippen molar-refractivity contribution in [1.82, 2.24) is 15.0 Å². The largest absolute Gasteiger partial charge is 0.462 e. The number of ether oxygens (including phenoxy) is 1. The first-order valence-electron chi connectivity index (χ1n) is 10.1. The molecule has 0 aliphatic rings. The summed E-state index contributed by atoms with van der Waals surface area (Å²) >= 11 is 0. The van der Waals surface area contributed by atoms with Crippen LogP contribution in [0.1, 0.15) is 29.8 Å². The normalized spacial score (nSPS) is 10.1. The summed E-state index contributed by atoms with van der Waals surface area (Å²) in [7, 11) is 0. The number of rotatable bonds is 5. The van der Waals surface area contributed by atoms with Gasteiger partial charge in [-0.2, -0.15) is 9.59 Å². The van der Waals surface area contributed by atoms with Crippen LogP contribution in [0, 0.1) is 0 Å². The summed E-state index contributed by atoms with van der Waals surface area (Å²) < 4.78 is 5.24. The summed E-state index contributed by atoms with van der Waals surface area (Å²) in [6, 6.07) is 17.3. The Balaban J connectivity index is 0.000000913. The molecule has 0 unspecified atom stereocenters. The minimum Gasteiger partial charge on any atom is -0.462 e. The molecule has 0 spiro atoms. The van der Waals surface area contributed by atoms with Crippen molar-refractivity contribution in [1.29, 1.82) is 0 Å². The number of fused-ring (bicyclic) bond motifs is 1. The van der Waals surface area contributed by atoms with E-state index < -0.39 is 0 Å². The van der Waals surface area contributed by atoms with Crippen LogP contribution < -0.4 is 0 Å². The maximum absolute atomic E-state index is 12.5. The van der Waals surface area contributed by atoms with Gasteiger partial charge < -0.3 is 4.74 Å². The van der Waals surface area contributed by atoms with Gasteiger partial charge in [0.1, 0.15) is 0 Å². The Bertz CT molecular complexity index is 1280. The van der Waals surface area contributed by atoms with Crippen molar-refractivity contribution in [3.8, 4) is 22.6 Å². The molecule has 0 aliphatic carbocycles. The predicted octanol–water partition coefficient (Wildman–Crippen LogP) is 4.51. The Kier molecular flexibility index (Phi) is 7.51. The van der Waals surface area contributed by atoms with Crippen LogP contribution in [0.25, 0.3) is 33.5 Å². The molecule has 32 heavy (non-hydrogen) atoms. The monoisotopic (exact) mass is 427 g/mol. The smallest absolute Gasteiger partial charge is 0.373 e. The molecular formula is C25H21N3O4. The van der Waals surface area contributed by atoms with E-state index in [1.807, 2.05) is 42.5 Å². The van der Waals surface area contributed by atoms with Gasteiger partial charge in [-0.3, -0.25) is 9.97 Å². The second-order valence-corrected chi connectivity index (χ2v) is 6.71. The molecule has 0 saturated carbocycles. The number of carbonyl (C=O) groups is 1. The third-order valence-corrected chi connectivity index (χ3v) is 4.74. The standard InChI is InChI=1S/C24H21N3O2.CO2/c1-3-16-10-12-25-21(13-16)22-15-18(24(28)29-4-2)14-20(27-22)19-9-5-7-17-8-6-11-26-23(17)19;2-1-3/h5-15H,3-4H2,1-2H3;. The molecule has 1 aromatic carbocycles. The van der Waals surface area contributed by atoms with E-state index in [1.54, 1.807) is 31.5 Å². The average Bonchev–Trinajstić information content (AvgIpc) is 2.84. The molecule has 0 amide bonds. The number of benzene rings is 1. The average molecular weight is 427 g/mol. The molecule has 0 N–H and O–H groups in total. The molecule has 3 heterocycles. The highest BCUT2D eigenvalue weighted by Gasteiger charge is 2.15. The lowest BCUT2D eigenvalue weighted by atomic mass is 10.0. The predicted molar refractivity (Wildman–Crippen MR) is 119 cm³/mol. The summed E-state index contributed by atoms with van der Waals surface area (Å²) in [5.41, 5.74) is 5.33. The van der Waals surface area contributed by atoms with Crippen molar-refractivity contribution in [2.24, 2.45) is 0 Å². The van der Waals surface area contributed by atoms with Crippen molar-refractivity contribution in [3.63, 3.8) is 0 Å². The third kappa shape index (κ3) is 5.09. The van der Waals surface area contributed by atoms with Crippen LogP contribution in [0.2, 0.25) is 0 Å². The van der Waals surface area contributed by atoms with E-state index >= 15 is 0 Å². The SMILES string of the molecule is CCOC(=O)c1cc(-c2cc(CC)ccn2)nc(-c2cccc3cccnc23)c1.O=C=O. The van der Waals surface area contributed by atoms with Gasteiger partial charge in [0.2, 0.25) is 0 Å². The number of pyridine rings is 3. The number of aryl methyl sites for hydroxylation is 1. The number of hydrogen-bond acceptors (Lipinski definition) is 7. The van der Waals surface area contributed by atoms with Gasteiger partial charge in [-0.25, -0.2) is 9.78 Å². The number of nitrogens with zero attached hydrogens (tertiary/aromatic N) is 3. The van der Waals surface area contributed by atoms with Gasteiger partial charge >= 0.3 is 12.1 Å². The zero-order valence-electron chi connectivity index (χ0n) is 17.7. The van der Waals surface area contributed by atoms with Crippen LogP contribution in [0.5, 0.6) is 0 Å². The van der Waals surface area contributed by atoms with Crippen molar-refractivity contribution < 1.29 is 19.1 Å². The summed E-state index contributed by atoms with van der Waals surface area (Å²) in [4.78, 5) is 42.6. The summed E-state index contributed by atoms with van der Waals surface area (Å²) in [6.07, 6.45) is 4.67. The summed E-state index contributed by atoms with van der Waals surface area (Å²) in [5.74, 6) is -0.378. The molecule has 3 aromatic heterocycles. The van der Waals surface area contributed by atoms with Crippen molar-refractivity contribution in [2.75, 3.05) is 6.61 Å². The fourth-order valence-corrected chi connectivity index (χ4v) is 3.28. The van der Waals surface area contributed by atoms with Crippen LogP contribution in [-0.2, 0) is 20.7 Å². The quantitative estimate of drug-likeness (QED) is 0.432. The van der Waals surface area contributed by atoms with E-state index in [0.717, 1.165) is 34.1 Å². The highest BCUT2D eigenvalue weighted by Crippen LogP contribution is 2.29. The molecule has 4 aromatic rings. The zero-order chi connectivity index (χ0) is 22.9. The van der Waals surface area contributed by atoms with E-state index in [1.165, 1.54) is 0 Å². The summed E-state index contributed by atoms with van der Waals surface area (Å²) in [6.45, 7) is 4.20. The number of para-hydroxylation sites is 1. The maximum Gasteiger partial charge on any atom is 0.373 e. The first kappa shape index (κ1) is 22.5. The lowest BCUT2D eigenvalue weighted by Gasteiger charge is -2.11. The van der Waals surface area contributed by atoms with Crippen molar-refractivity contribution >= 4 is 23.0 Å². The second-order valence-electron chi connectivity index (χ2n) is 6.71. The highest BCUT2D eigenvalue weighted by atomic mass is 16.5. The van der Waals surface area contributed by atoms with Gasteiger partial charge in [0.25, 0.3) is 0 Å². The number of aromatic nitrogens is 3. The van der Waals surface area contributed by atoms with E-state index in [0.29, 0.717) is 23.6 Å². The van der Waals surface area contributed by atoms with Crippen molar-refractivity contribution in [2.45, 2.75) is 20.3 Å². The van der Waals surface area contributed by atoms with E-state index in [9.17, 15) is 4.79 Å². The molecular weight excluding hydrogens is 406 g/mol. The van der Waals surface area contributed by atoms with Crippen LogP contribution in [0.15, 0.2) is 67.0 Å². The molecule has 0 atom stereocenters. The zero-order valence-corrected chi connectivity index (χ0v) is 17.7. The minimum atomic E-state index is -0.378. The lowest BCUT2D eigenvalue weighted by molar-refractivity contribution is -0.191. The summed E-state index contributed by atoms with van der Waals surface area (Å²) in [5, 5.41) is 1.01. The molecule has 160 valence electrons. The third-order valence-electron chi connectivity index (χ3n) is 4.74. The first-order valence-corrected chi connectivity index (χ1v) is 10.1. The Morgan fingerprint density at radius 2 is 1.66 bits per heavy atom. The number of carbonyl (C=O) groups excluding carboxylic acids is 3. The van der Waals surface area contributed by atoms with E-state index in [2.05, 4.69) is 16.9 Å². The Hall–Kier alpha value is -4.22. The first-order chi connectivity index (χ1) is 15.6. The molecule has 7 heteroatoms. The van der Waals surface area contributed by atoms with Gasteiger partial charge in [0.05, 0.1) is 34.8 Å². The van der Waals surface area contributed by atoms with Crippen molar-refractivity contribution in [3.05, 3.63) is 78.1 Å². The fraction of sp³-hybridized carbons (Fsp3) is 0.160. The van der Waals surface area contributed by atoms with Gasteiger partial charge in [-0.05, 0) is 49.2 Å². The minimum absolute atomic E-state index is 0.250. The van der Waals surface area contributed by atoms with Crippen LogP contribution in [0.4, 0.5) is 0 Å². The molecule has 4 rings (SSSR count). The Morgan fingerprint density at radius 1 is 0.906 bits per heavy atom. The molecule has 0 fully saturated rings. The van der Waals surface area contributed by atoms with Crippen LogP contribution in [0.3, 0.4) is 0 Å². The lowest BCUT2D eigenvalue weighted by Crippen LogP contribution is -2.06. The van der Waals surface area contributed by atoms with Gasteiger partial charge in [0, 0.05) is 23.3 Å². The van der Waals surface area contributed by atoms with E-state index in [-0.39, 0.29) is 12.1 Å². The molecule has 0 radical (unpaired) electrons. The molecule has 0 bridgehead atoms. The van der Waals surface area contributed by atoms with Gasteiger partial charge in [-0.15, -0.1) is 0 Å². The Labute approximate surface area is 185 Å².